The molecule has 0 spiro atoms. The highest BCUT2D eigenvalue weighted by atomic mass is 14.8. The number of nitrogens with zero attached hydrogens (tertiary/aromatic N) is 2. The van der Waals surface area contributed by atoms with Gasteiger partial charge in [0.1, 0.15) is 0 Å². The monoisotopic (exact) mass is 187 g/mol. The van der Waals surface area contributed by atoms with Crippen LogP contribution in [0.15, 0.2) is 40.5 Å². The van der Waals surface area contributed by atoms with Crippen molar-refractivity contribution in [1.82, 2.24) is 0 Å². The fraction of sp³-hybridized carbons (Fsp3) is 0.0909. The molecule has 0 unspecified atom stereocenters. The first-order valence-corrected chi connectivity index (χ1v) is 4.28. The maximum atomic E-state index is 5.66. The van der Waals surface area contributed by atoms with Crippen molar-refractivity contribution >= 4 is 24.3 Å². The Balaban J connectivity index is 3.11. The second-order valence-corrected chi connectivity index (χ2v) is 2.71. The molecule has 1 rings (SSSR count). The van der Waals surface area contributed by atoms with Crippen LogP contribution in [0.1, 0.15) is 12.5 Å². The Morgan fingerprint density at radius 1 is 1.50 bits per heavy atom. The molecule has 0 saturated heterocycles. The molecular formula is C11H13N3. The molecule has 0 bridgehead atoms. The lowest BCUT2D eigenvalue weighted by Crippen LogP contribution is -1.87. The molecule has 1 aromatic rings. The minimum atomic E-state index is 0.712. The summed E-state index contributed by atoms with van der Waals surface area (Å²) in [6.07, 6.45) is 3.31. The third-order valence-electron chi connectivity index (χ3n) is 1.66. The third-order valence-corrected chi connectivity index (χ3v) is 1.66. The van der Waals surface area contributed by atoms with E-state index in [1.165, 1.54) is 0 Å². The van der Waals surface area contributed by atoms with Crippen LogP contribution in [0.5, 0.6) is 0 Å². The number of nitrogens with two attached hydrogens (primary N) is 1. The van der Waals surface area contributed by atoms with Gasteiger partial charge < -0.3 is 5.73 Å². The maximum Gasteiger partial charge on any atom is 0.0880 e. The van der Waals surface area contributed by atoms with Gasteiger partial charge in [-0.1, -0.05) is 12.1 Å². The third kappa shape index (κ3) is 2.55. The predicted molar refractivity (Wildman–Crippen MR) is 62.5 cm³/mol. The zero-order valence-electron chi connectivity index (χ0n) is 8.14. The molecule has 2 N–H and O–H groups in total. The molecule has 0 heterocycles. The first kappa shape index (κ1) is 10.2. The van der Waals surface area contributed by atoms with Crippen molar-refractivity contribution in [3.05, 3.63) is 36.0 Å². The van der Waals surface area contributed by atoms with Gasteiger partial charge in [-0.2, -0.15) is 0 Å². The molecule has 3 heteroatoms. The smallest absolute Gasteiger partial charge is 0.0880 e. The first-order valence-electron chi connectivity index (χ1n) is 4.28. The van der Waals surface area contributed by atoms with Crippen molar-refractivity contribution < 1.29 is 0 Å². The Morgan fingerprint density at radius 3 is 2.86 bits per heavy atom. The molecule has 0 saturated carbocycles. The zero-order chi connectivity index (χ0) is 10.4. The molecule has 1 aromatic carbocycles. The molecule has 3 nitrogen and oxygen atoms in total. The summed E-state index contributed by atoms with van der Waals surface area (Å²) in [4.78, 5) is 7.87. The fourth-order valence-electron chi connectivity index (χ4n) is 1.11. The van der Waals surface area contributed by atoms with E-state index in [1.807, 2.05) is 31.2 Å². The van der Waals surface area contributed by atoms with Crippen LogP contribution in [-0.2, 0) is 0 Å². The Morgan fingerprint density at radius 2 is 2.29 bits per heavy atom. The number of nitrogen functional groups attached to an aromatic ring is 1. The lowest BCUT2D eigenvalue weighted by molar-refractivity contribution is 1.46. The van der Waals surface area contributed by atoms with Crippen LogP contribution >= 0.6 is 0 Å². The summed E-state index contributed by atoms with van der Waals surface area (Å²) in [7, 11) is 0. The van der Waals surface area contributed by atoms with Gasteiger partial charge in [0.2, 0.25) is 0 Å². The summed E-state index contributed by atoms with van der Waals surface area (Å²) in [6, 6.07) is 7.50. The van der Waals surface area contributed by atoms with E-state index in [-0.39, 0.29) is 0 Å². The van der Waals surface area contributed by atoms with Crippen molar-refractivity contribution in [2.24, 2.45) is 9.98 Å². The molecule has 72 valence electrons. The minimum absolute atomic E-state index is 0.712. The SMILES string of the molecule is C=N/C=C(\N=C/C)c1cccc(N)c1. The number of aliphatic imine (C=N–C) groups is 2. The van der Waals surface area contributed by atoms with Crippen LogP contribution in [0, 0.1) is 0 Å². The van der Waals surface area contributed by atoms with Gasteiger partial charge in [0.15, 0.2) is 0 Å². The molecule has 0 amide bonds. The largest absolute Gasteiger partial charge is 0.399 e. The van der Waals surface area contributed by atoms with E-state index in [2.05, 4.69) is 16.7 Å². The van der Waals surface area contributed by atoms with Crippen molar-refractivity contribution in [1.29, 1.82) is 0 Å². The van der Waals surface area contributed by atoms with Crippen molar-refractivity contribution in [2.45, 2.75) is 6.92 Å². The Bertz CT molecular complexity index is 378. The van der Waals surface area contributed by atoms with E-state index >= 15 is 0 Å². The Kier molecular flexibility index (Phi) is 3.61. The molecule has 0 atom stereocenters. The predicted octanol–water partition coefficient (Wildman–Crippen LogP) is 2.36. The van der Waals surface area contributed by atoms with Gasteiger partial charge in [0.25, 0.3) is 0 Å². The number of benzene rings is 1. The van der Waals surface area contributed by atoms with Crippen LogP contribution < -0.4 is 5.73 Å². The highest BCUT2D eigenvalue weighted by Gasteiger charge is 1.98. The highest BCUT2D eigenvalue weighted by Crippen LogP contribution is 2.17. The highest BCUT2D eigenvalue weighted by molar-refractivity contribution is 5.74. The fourth-order valence-corrected chi connectivity index (χ4v) is 1.11. The molecular weight excluding hydrogens is 174 g/mol. The van der Waals surface area contributed by atoms with Gasteiger partial charge in [-0.05, 0) is 25.8 Å². The van der Waals surface area contributed by atoms with E-state index in [4.69, 9.17) is 5.73 Å². The second-order valence-electron chi connectivity index (χ2n) is 2.71. The average Bonchev–Trinajstić information content (AvgIpc) is 2.17. The van der Waals surface area contributed by atoms with Crippen molar-refractivity contribution in [3.63, 3.8) is 0 Å². The molecule has 0 aliphatic rings. The van der Waals surface area contributed by atoms with Gasteiger partial charge in [0, 0.05) is 17.5 Å². The van der Waals surface area contributed by atoms with Crippen LogP contribution in [0.2, 0.25) is 0 Å². The Hall–Kier alpha value is -1.90. The molecule has 0 radical (unpaired) electrons. The zero-order valence-corrected chi connectivity index (χ0v) is 8.14. The lowest BCUT2D eigenvalue weighted by atomic mass is 10.1. The average molecular weight is 187 g/mol. The maximum absolute atomic E-state index is 5.66. The summed E-state index contributed by atoms with van der Waals surface area (Å²) >= 11 is 0. The van der Waals surface area contributed by atoms with E-state index in [9.17, 15) is 0 Å². The van der Waals surface area contributed by atoms with Crippen LogP contribution in [0.4, 0.5) is 5.69 Å². The number of rotatable bonds is 3. The minimum Gasteiger partial charge on any atom is -0.399 e. The van der Waals surface area contributed by atoms with Crippen molar-refractivity contribution in [2.75, 3.05) is 5.73 Å². The van der Waals surface area contributed by atoms with E-state index in [0.717, 1.165) is 11.3 Å². The summed E-state index contributed by atoms with van der Waals surface area (Å²) in [6.45, 7) is 5.25. The van der Waals surface area contributed by atoms with Crippen LogP contribution in [0.25, 0.3) is 5.70 Å². The second kappa shape index (κ2) is 4.97. The molecule has 0 fully saturated rings. The summed E-state index contributed by atoms with van der Waals surface area (Å²) in [5, 5.41) is 0. The molecule has 0 aliphatic heterocycles. The van der Waals surface area contributed by atoms with Crippen LogP contribution in [0.3, 0.4) is 0 Å². The molecule has 14 heavy (non-hydrogen) atoms. The quantitative estimate of drug-likeness (QED) is 0.573. The molecule has 0 aromatic heterocycles. The Labute approximate surface area is 83.7 Å². The number of hydrogen-bond acceptors (Lipinski definition) is 3. The standard InChI is InChI=1S/C11H13N3/c1-3-14-11(8-13-2)9-5-4-6-10(12)7-9/h3-8H,2,12H2,1H3/b11-8-,14-3-. The van der Waals surface area contributed by atoms with E-state index in [0.29, 0.717) is 5.69 Å². The van der Waals surface area contributed by atoms with Gasteiger partial charge >= 0.3 is 0 Å². The van der Waals surface area contributed by atoms with E-state index < -0.39 is 0 Å². The van der Waals surface area contributed by atoms with Gasteiger partial charge in [-0.25, -0.2) is 0 Å². The topological polar surface area (TPSA) is 50.7 Å². The van der Waals surface area contributed by atoms with Gasteiger partial charge in [-0.15, -0.1) is 0 Å². The van der Waals surface area contributed by atoms with Crippen molar-refractivity contribution in [3.8, 4) is 0 Å². The van der Waals surface area contributed by atoms with Gasteiger partial charge in [-0.3, -0.25) is 9.98 Å². The van der Waals surface area contributed by atoms with Crippen LogP contribution in [-0.4, -0.2) is 12.9 Å². The summed E-state index contributed by atoms with van der Waals surface area (Å²) in [5.41, 5.74) is 8.07. The van der Waals surface area contributed by atoms with E-state index in [1.54, 1.807) is 12.4 Å². The summed E-state index contributed by atoms with van der Waals surface area (Å²) in [5.74, 6) is 0. The first-order chi connectivity index (χ1) is 6.77. The lowest BCUT2D eigenvalue weighted by Gasteiger charge is -2.01. The number of hydrogen-bond donors (Lipinski definition) is 1. The normalized spacial score (nSPS) is 11.9. The summed E-state index contributed by atoms with van der Waals surface area (Å²) < 4.78 is 0. The number of anilines is 1. The molecule has 0 aliphatic carbocycles. The van der Waals surface area contributed by atoms with Gasteiger partial charge in [0.05, 0.1) is 11.9 Å².